The van der Waals surface area contributed by atoms with Crippen LogP contribution in [0.2, 0.25) is 0 Å². The maximum Gasteiger partial charge on any atom is 0.123 e. The number of anilines is 1. The standard InChI is InChI=1S/C16H13IN2S/c17-13-6-8-14(9-7-13)18-10-15-11-20-16(19-15)12-4-2-1-3-5-12/h1-9,11,18H,10H2. The fourth-order valence-corrected chi connectivity index (χ4v) is 3.05. The Balaban J connectivity index is 1.67. The number of nitrogens with one attached hydrogen (secondary N) is 1. The van der Waals surface area contributed by atoms with E-state index in [4.69, 9.17) is 0 Å². The summed E-state index contributed by atoms with van der Waals surface area (Å²) in [6.07, 6.45) is 0. The van der Waals surface area contributed by atoms with E-state index >= 15 is 0 Å². The molecule has 0 aliphatic carbocycles. The highest BCUT2D eigenvalue weighted by atomic mass is 127. The van der Waals surface area contributed by atoms with Crippen molar-refractivity contribution in [2.75, 3.05) is 5.32 Å². The third-order valence-corrected chi connectivity index (χ3v) is 4.55. The lowest BCUT2D eigenvalue weighted by molar-refractivity contribution is 1.08. The molecule has 20 heavy (non-hydrogen) atoms. The minimum Gasteiger partial charge on any atom is -0.379 e. The zero-order valence-corrected chi connectivity index (χ0v) is 13.7. The molecule has 3 rings (SSSR count). The number of hydrogen-bond donors (Lipinski definition) is 1. The molecule has 0 bridgehead atoms. The molecule has 0 saturated carbocycles. The lowest BCUT2D eigenvalue weighted by Crippen LogP contribution is -1.99. The van der Waals surface area contributed by atoms with Gasteiger partial charge < -0.3 is 5.32 Å². The van der Waals surface area contributed by atoms with Crippen LogP contribution < -0.4 is 5.32 Å². The van der Waals surface area contributed by atoms with Crippen molar-refractivity contribution in [1.29, 1.82) is 0 Å². The number of halogens is 1. The molecule has 100 valence electrons. The van der Waals surface area contributed by atoms with E-state index in [2.05, 4.69) is 74.7 Å². The van der Waals surface area contributed by atoms with Gasteiger partial charge in [-0.1, -0.05) is 30.3 Å². The van der Waals surface area contributed by atoms with Gasteiger partial charge in [0.25, 0.3) is 0 Å². The number of benzene rings is 2. The van der Waals surface area contributed by atoms with Gasteiger partial charge in [-0.15, -0.1) is 11.3 Å². The van der Waals surface area contributed by atoms with Crippen molar-refractivity contribution in [3.05, 3.63) is 69.2 Å². The number of hydrogen-bond acceptors (Lipinski definition) is 3. The molecule has 0 fully saturated rings. The van der Waals surface area contributed by atoms with Gasteiger partial charge in [0.05, 0.1) is 12.2 Å². The summed E-state index contributed by atoms with van der Waals surface area (Å²) in [7, 11) is 0. The van der Waals surface area contributed by atoms with Gasteiger partial charge in [-0.2, -0.15) is 0 Å². The van der Waals surface area contributed by atoms with E-state index in [0.717, 1.165) is 22.9 Å². The smallest absolute Gasteiger partial charge is 0.123 e. The molecule has 1 aromatic heterocycles. The molecule has 1 heterocycles. The van der Waals surface area contributed by atoms with Crippen LogP contribution in [-0.2, 0) is 6.54 Å². The quantitative estimate of drug-likeness (QED) is 0.631. The van der Waals surface area contributed by atoms with Crippen LogP contribution in [0, 0.1) is 3.57 Å². The molecule has 0 aliphatic rings. The Morgan fingerprint density at radius 1 is 1.00 bits per heavy atom. The van der Waals surface area contributed by atoms with Crippen molar-refractivity contribution >= 4 is 39.6 Å². The predicted molar refractivity (Wildman–Crippen MR) is 94.0 cm³/mol. The van der Waals surface area contributed by atoms with Gasteiger partial charge in [0.2, 0.25) is 0 Å². The van der Waals surface area contributed by atoms with Gasteiger partial charge in [-0.05, 0) is 46.9 Å². The molecule has 4 heteroatoms. The maximum atomic E-state index is 4.67. The predicted octanol–water partition coefficient (Wildman–Crippen LogP) is 5.03. The summed E-state index contributed by atoms with van der Waals surface area (Å²) in [6, 6.07) is 18.7. The normalized spacial score (nSPS) is 10.4. The van der Waals surface area contributed by atoms with Crippen molar-refractivity contribution in [3.8, 4) is 10.6 Å². The van der Waals surface area contributed by atoms with Gasteiger partial charge in [0.1, 0.15) is 5.01 Å². The molecule has 0 aliphatic heterocycles. The topological polar surface area (TPSA) is 24.9 Å². The van der Waals surface area contributed by atoms with E-state index in [1.54, 1.807) is 11.3 Å². The van der Waals surface area contributed by atoms with E-state index in [1.807, 2.05) is 18.2 Å². The molecule has 0 unspecified atom stereocenters. The Kier molecular flexibility index (Phi) is 4.32. The Hall–Kier alpha value is -1.40. The zero-order valence-electron chi connectivity index (χ0n) is 10.7. The Labute approximate surface area is 136 Å². The molecule has 0 atom stereocenters. The summed E-state index contributed by atoms with van der Waals surface area (Å²) in [5, 5.41) is 6.58. The van der Waals surface area contributed by atoms with Crippen molar-refractivity contribution in [2.45, 2.75) is 6.54 Å². The molecule has 1 N–H and O–H groups in total. The van der Waals surface area contributed by atoms with Crippen LogP contribution in [0.1, 0.15) is 5.69 Å². The highest BCUT2D eigenvalue weighted by Gasteiger charge is 2.04. The van der Waals surface area contributed by atoms with E-state index in [0.29, 0.717) is 0 Å². The van der Waals surface area contributed by atoms with Gasteiger partial charge in [-0.25, -0.2) is 4.98 Å². The zero-order chi connectivity index (χ0) is 13.8. The number of aromatic nitrogens is 1. The minimum absolute atomic E-state index is 0.754. The first-order valence-electron chi connectivity index (χ1n) is 6.30. The summed E-state index contributed by atoms with van der Waals surface area (Å²) in [5.74, 6) is 0. The van der Waals surface area contributed by atoms with Crippen LogP contribution >= 0.6 is 33.9 Å². The summed E-state index contributed by atoms with van der Waals surface area (Å²) in [5.41, 5.74) is 3.38. The van der Waals surface area contributed by atoms with Crippen molar-refractivity contribution in [3.63, 3.8) is 0 Å². The van der Waals surface area contributed by atoms with Gasteiger partial charge in [0.15, 0.2) is 0 Å². The highest BCUT2D eigenvalue weighted by molar-refractivity contribution is 14.1. The van der Waals surface area contributed by atoms with Crippen LogP contribution in [0.15, 0.2) is 60.0 Å². The third kappa shape index (κ3) is 3.37. The van der Waals surface area contributed by atoms with Crippen molar-refractivity contribution in [2.24, 2.45) is 0 Å². The first-order chi connectivity index (χ1) is 9.81. The van der Waals surface area contributed by atoms with E-state index in [-0.39, 0.29) is 0 Å². The molecule has 3 aromatic rings. The SMILES string of the molecule is Ic1ccc(NCc2csc(-c3ccccc3)n2)cc1. The Bertz CT molecular complexity index is 677. The summed E-state index contributed by atoms with van der Waals surface area (Å²) < 4.78 is 1.24. The molecule has 2 aromatic carbocycles. The van der Waals surface area contributed by atoms with Crippen LogP contribution in [0.4, 0.5) is 5.69 Å². The van der Waals surface area contributed by atoms with E-state index in [1.165, 1.54) is 9.13 Å². The molecular weight excluding hydrogens is 379 g/mol. The Morgan fingerprint density at radius 3 is 2.50 bits per heavy atom. The van der Waals surface area contributed by atoms with Crippen LogP contribution in [0.5, 0.6) is 0 Å². The van der Waals surface area contributed by atoms with Crippen LogP contribution in [0.3, 0.4) is 0 Å². The van der Waals surface area contributed by atoms with Gasteiger partial charge >= 0.3 is 0 Å². The fourth-order valence-electron chi connectivity index (χ4n) is 1.86. The van der Waals surface area contributed by atoms with E-state index < -0.39 is 0 Å². The summed E-state index contributed by atoms with van der Waals surface area (Å²) >= 11 is 4.00. The first kappa shape index (κ1) is 13.6. The average Bonchev–Trinajstić information content (AvgIpc) is 2.97. The lowest BCUT2D eigenvalue weighted by atomic mass is 10.2. The average molecular weight is 392 g/mol. The second-order valence-corrected chi connectivity index (χ2v) is 6.47. The first-order valence-corrected chi connectivity index (χ1v) is 8.26. The van der Waals surface area contributed by atoms with Gasteiger partial charge in [0, 0.05) is 20.2 Å². The summed E-state index contributed by atoms with van der Waals surface area (Å²) in [6.45, 7) is 0.754. The Morgan fingerprint density at radius 2 is 1.75 bits per heavy atom. The highest BCUT2D eigenvalue weighted by Crippen LogP contribution is 2.23. The molecular formula is C16H13IN2S. The molecule has 0 spiro atoms. The lowest BCUT2D eigenvalue weighted by Gasteiger charge is -2.04. The number of rotatable bonds is 4. The number of nitrogens with zero attached hydrogens (tertiary/aromatic N) is 1. The fraction of sp³-hybridized carbons (Fsp3) is 0.0625. The minimum atomic E-state index is 0.754. The number of thiazole rings is 1. The molecule has 0 saturated heterocycles. The monoisotopic (exact) mass is 392 g/mol. The largest absolute Gasteiger partial charge is 0.379 e. The van der Waals surface area contributed by atoms with Gasteiger partial charge in [-0.3, -0.25) is 0 Å². The summed E-state index contributed by atoms with van der Waals surface area (Å²) in [4.78, 5) is 4.67. The van der Waals surface area contributed by atoms with E-state index in [9.17, 15) is 0 Å². The molecule has 0 radical (unpaired) electrons. The maximum absolute atomic E-state index is 4.67. The van der Waals surface area contributed by atoms with Crippen LogP contribution in [-0.4, -0.2) is 4.98 Å². The second-order valence-electron chi connectivity index (χ2n) is 4.37. The molecule has 2 nitrogen and oxygen atoms in total. The van der Waals surface area contributed by atoms with Crippen LogP contribution in [0.25, 0.3) is 10.6 Å². The third-order valence-electron chi connectivity index (χ3n) is 2.89. The van der Waals surface area contributed by atoms with Crippen molar-refractivity contribution in [1.82, 2.24) is 4.98 Å². The van der Waals surface area contributed by atoms with Crippen molar-refractivity contribution < 1.29 is 0 Å². The molecule has 0 amide bonds. The second kappa shape index (κ2) is 6.37.